The Balaban J connectivity index is 2.79. The molecule has 0 aromatic carbocycles. The van der Waals surface area contributed by atoms with Crippen molar-refractivity contribution in [2.75, 3.05) is 6.54 Å². The fourth-order valence-corrected chi connectivity index (χ4v) is 2.35. The van der Waals surface area contributed by atoms with Crippen LogP contribution in [-0.4, -0.2) is 44.0 Å². The molecule has 6 heteroatoms. The molecule has 21 heavy (non-hydrogen) atoms. The third-order valence-electron chi connectivity index (χ3n) is 3.73. The van der Waals surface area contributed by atoms with Gasteiger partial charge < -0.3 is 14.6 Å². The molecular weight excluding hydrogens is 270 g/mol. The Bertz CT molecular complexity index is 445. The highest BCUT2D eigenvalue weighted by Gasteiger charge is 2.24. The minimum absolute atomic E-state index is 0.0327. The molecule has 2 unspecified atom stereocenters. The van der Waals surface area contributed by atoms with E-state index in [1.807, 2.05) is 24.6 Å². The van der Waals surface area contributed by atoms with Gasteiger partial charge in [0.2, 0.25) is 5.91 Å². The highest BCUT2D eigenvalue weighted by atomic mass is 16.4. The van der Waals surface area contributed by atoms with Crippen LogP contribution < -0.4 is 0 Å². The number of carbonyl (C=O) groups excluding carboxylic acids is 1. The van der Waals surface area contributed by atoms with Crippen molar-refractivity contribution in [2.24, 2.45) is 0 Å². The van der Waals surface area contributed by atoms with Gasteiger partial charge >= 0.3 is 5.97 Å². The van der Waals surface area contributed by atoms with Crippen LogP contribution in [0.3, 0.4) is 0 Å². The van der Waals surface area contributed by atoms with Crippen molar-refractivity contribution in [3.8, 4) is 0 Å². The smallest absolute Gasteiger partial charge is 0.323 e. The first-order valence-electron chi connectivity index (χ1n) is 7.48. The standard InChI is InChI=1S/C15H25N3O3/c1-4-6-13(17-8-7-16-11-17)9-14(19)18(10-15(20)21)12(3)5-2/h7-8,11-13H,4-6,9-10H2,1-3H3,(H,20,21). The van der Waals surface area contributed by atoms with Gasteiger partial charge in [0, 0.05) is 30.9 Å². The van der Waals surface area contributed by atoms with E-state index in [1.54, 1.807) is 12.5 Å². The molecular formula is C15H25N3O3. The molecule has 0 aliphatic rings. The highest BCUT2D eigenvalue weighted by Crippen LogP contribution is 2.20. The number of amides is 1. The molecule has 0 radical (unpaired) electrons. The molecule has 0 spiro atoms. The number of aliphatic carboxylic acids is 1. The second-order valence-electron chi connectivity index (χ2n) is 5.33. The number of hydrogen-bond acceptors (Lipinski definition) is 3. The van der Waals surface area contributed by atoms with E-state index in [0.29, 0.717) is 6.42 Å². The highest BCUT2D eigenvalue weighted by molar-refractivity contribution is 5.81. The van der Waals surface area contributed by atoms with Gasteiger partial charge in [-0.25, -0.2) is 4.98 Å². The Morgan fingerprint density at radius 3 is 2.57 bits per heavy atom. The lowest BCUT2D eigenvalue weighted by Gasteiger charge is -2.29. The lowest BCUT2D eigenvalue weighted by molar-refractivity contribution is -0.146. The van der Waals surface area contributed by atoms with Gasteiger partial charge in [-0.3, -0.25) is 9.59 Å². The van der Waals surface area contributed by atoms with Gasteiger partial charge in [0.15, 0.2) is 0 Å². The summed E-state index contributed by atoms with van der Waals surface area (Å²) in [5.41, 5.74) is 0. The average Bonchev–Trinajstić information content (AvgIpc) is 2.97. The van der Waals surface area contributed by atoms with Crippen molar-refractivity contribution in [1.29, 1.82) is 0 Å². The van der Waals surface area contributed by atoms with E-state index in [-0.39, 0.29) is 24.5 Å². The molecule has 0 saturated carbocycles. The maximum atomic E-state index is 12.5. The number of rotatable bonds is 9. The average molecular weight is 295 g/mol. The van der Waals surface area contributed by atoms with Crippen molar-refractivity contribution >= 4 is 11.9 Å². The largest absolute Gasteiger partial charge is 0.480 e. The Labute approximate surface area is 125 Å². The van der Waals surface area contributed by atoms with E-state index in [2.05, 4.69) is 11.9 Å². The zero-order valence-electron chi connectivity index (χ0n) is 13.0. The summed E-state index contributed by atoms with van der Waals surface area (Å²) < 4.78 is 1.93. The molecule has 118 valence electrons. The summed E-state index contributed by atoms with van der Waals surface area (Å²) in [5.74, 6) is -1.09. The van der Waals surface area contributed by atoms with Gasteiger partial charge in [-0.2, -0.15) is 0 Å². The van der Waals surface area contributed by atoms with Crippen LogP contribution in [0, 0.1) is 0 Å². The van der Waals surface area contributed by atoms with Gasteiger partial charge in [-0.15, -0.1) is 0 Å². The summed E-state index contributed by atoms with van der Waals surface area (Å²) in [6, 6.07) is -0.0379. The molecule has 0 saturated heterocycles. The first-order chi connectivity index (χ1) is 9.99. The maximum Gasteiger partial charge on any atom is 0.323 e. The summed E-state index contributed by atoms with van der Waals surface area (Å²) in [6.45, 7) is 5.66. The van der Waals surface area contributed by atoms with Crippen LogP contribution >= 0.6 is 0 Å². The minimum atomic E-state index is -0.974. The predicted molar refractivity (Wildman–Crippen MR) is 79.9 cm³/mol. The van der Waals surface area contributed by atoms with Crippen LogP contribution in [0.25, 0.3) is 0 Å². The number of nitrogens with zero attached hydrogens (tertiary/aromatic N) is 3. The van der Waals surface area contributed by atoms with E-state index >= 15 is 0 Å². The van der Waals surface area contributed by atoms with Crippen molar-refractivity contribution in [1.82, 2.24) is 14.5 Å². The Morgan fingerprint density at radius 1 is 1.38 bits per heavy atom. The summed E-state index contributed by atoms with van der Waals surface area (Å²) in [4.78, 5) is 28.9. The predicted octanol–water partition coefficient (Wildman–Crippen LogP) is 2.33. The van der Waals surface area contributed by atoms with Crippen molar-refractivity contribution < 1.29 is 14.7 Å². The van der Waals surface area contributed by atoms with Crippen LogP contribution in [0.1, 0.15) is 52.5 Å². The molecule has 6 nitrogen and oxygen atoms in total. The summed E-state index contributed by atoms with van der Waals surface area (Å²) in [7, 11) is 0. The van der Waals surface area contributed by atoms with E-state index in [0.717, 1.165) is 19.3 Å². The molecule has 1 heterocycles. The van der Waals surface area contributed by atoms with E-state index in [4.69, 9.17) is 5.11 Å². The third-order valence-corrected chi connectivity index (χ3v) is 3.73. The Morgan fingerprint density at radius 2 is 2.10 bits per heavy atom. The molecule has 1 rings (SSSR count). The molecule has 1 aromatic rings. The quantitative estimate of drug-likeness (QED) is 0.758. The van der Waals surface area contributed by atoms with Gasteiger partial charge in [0.05, 0.1) is 6.33 Å². The van der Waals surface area contributed by atoms with Gasteiger partial charge in [-0.05, 0) is 19.8 Å². The van der Waals surface area contributed by atoms with Crippen molar-refractivity contribution in [3.63, 3.8) is 0 Å². The topological polar surface area (TPSA) is 75.4 Å². The number of carbonyl (C=O) groups is 2. The van der Waals surface area contributed by atoms with E-state index < -0.39 is 5.97 Å². The number of aromatic nitrogens is 2. The van der Waals surface area contributed by atoms with Crippen molar-refractivity contribution in [3.05, 3.63) is 18.7 Å². The Hall–Kier alpha value is -1.85. The van der Waals surface area contributed by atoms with Crippen LogP contribution in [0.15, 0.2) is 18.7 Å². The second-order valence-corrected chi connectivity index (χ2v) is 5.33. The number of hydrogen-bond donors (Lipinski definition) is 1. The zero-order chi connectivity index (χ0) is 15.8. The Kier molecular flexibility index (Phi) is 6.91. The zero-order valence-corrected chi connectivity index (χ0v) is 13.0. The summed E-state index contributed by atoms with van der Waals surface area (Å²) in [5, 5.41) is 8.99. The van der Waals surface area contributed by atoms with Crippen LogP contribution in [0.4, 0.5) is 0 Å². The summed E-state index contributed by atoms with van der Waals surface area (Å²) in [6.07, 6.45) is 8.11. The first kappa shape index (κ1) is 17.2. The maximum absolute atomic E-state index is 12.5. The molecule has 1 amide bonds. The van der Waals surface area contributed by atoms with Crippen LogP contribution in [0.5, 0.6) is 0 Å². The van der Waals surface area contributed by atoms with Gasteiger partial charge in [-0.1, -0.05) is 20.3 Å². The number of carboxylic acids is 1. The molecule has 0 fully saturated rings. The molecule has 0 aliphatic heterocycles. The van der Waals surface area contributed by atoms with Gasteiger partial charge in [0.1, 0.15) is 6.54 Å². The normalized spacial score (nSPS) is 13.7. The number of imidazole rings is 1. The van der Waals surface area contributed by atoms with Crippen LogP contribution in [0.2, 0.25) is 0 Å². The SMILES string of the molecule is CCCC(CC(=O)N(CC(=O)O)C(C)CC)n1ccnc1. The lowest BCUT2D eigenvalue weighted by atomic mass is 10.1. The summed E-state index contributed by atoms with van der Waals surface area (Å²) >= 11 is 0. The molecule has 1 N–H and O–H groups in total. The molecule has 2 atom stereocenters. The fraction of sp³-hybridized carbons (Fsp3) is 0.667. The monoisotopic (exact) mass is 295 g/mol. The van der Waals surface area contributed by atoms with Crippen molar-refractivity contribution in [2.45, 2.75) is 58.5 Å². The second kappa shape index (κ2) is 8.44. The minimum Gasteiger partial charge on any atom is -0.480 e. The number of carboxylic acid groups (broad SMARTS) is 1. The molecule has 0 bridgehead atoms. The first-order valence-corrected chi connectivity index (χ1v) is 7.48. The molecule has 0 aliphatic carbocycles. The molecule has 1 aromatic heterocycles. The van der Waals surface area contributed by atoms with E-state index in [1.165, 1.54) is 4.90 Å². The van der Waals surface area contributed by atoms with Crippen LogP contribution in [-0.2, 0) is 9.59 Å². The van der Waals surface area contributed by atoms with Gasteiger partial charge in [0.25, 0.3) is 0 Å². The van der Waals surface area contributed by atoms with E-state index in [9.17, 15) is 9.59 Å². The lowest BCUT2D eigenvalue weighted by Crippen LogP contribution is -2.42. The third kappa shape index (κ3) is 5.21. The fourth-order valence-electron chi connectivity index (χ4n) is 2.35.